The Hall–Kier alpha value is -0.730. The predicted octanol–water partition coefficient (Wildman–Crippen LogP) is -4.02. The molecule has 0 aromatic carbocycles. The van der Waals surface area contributed by atoms with Gasteiger partial charge < -0.3 is 10.2 Å². The minimum Gasteiger partial charge on any atom is -0.802 e. The second-order valence-electron chi connectivity index (χ2n) is 1.74. The Kier molecular flexibility index (Phi) is 1.83. The van der Waals surface area contributed by atoms with Gasteiger partial charge in [0.05, 0.1) is 6.67 Å². The Bertz CT molecular complexity index is 138. The minimum absolute atomic E-state index is 0.0543. The average molecular weight is 147 g/mol. The maximum atomic E-state index is 10.7. The second-order valence-corrected chi connectivity index (χ2v) is 1.74. The van der Waals surface area contributed by atoms with Crippen molar-refractivity contribution < 1.29 is 15.0 Å². The Morgan fingerprint density at radius 1 is 1.90 bits per heavy atom. The molecule has 58 valence electrons. The highest BCUT2D eigenvalue weighted by Crippen LogP contribution is 1.97. The quantitative estimate of drug-likeness (QED) is 0.234. The molecule has 0 spiro atoms. The molecule has 1 unspecified atom stereocenters. The fourth-order valence-electron chi connectivity index (χ4n) is 0.605. The summed E-state index contributed by atoms with van der Waals surface area (Å²) in [6.07, 6.45) is 0.303. The van der Waals surface area contributed by atoms with Crippen LogP contribution in [-0.4, -0.2) is 29.2 Å². The SMILES string of the molecule is O=CNN1CNNC1([O-])O. The minimum atomic E-state index is -2.46. The molecule has 1 atom stereocenters. The van der Waals surface area contributed by atoms with Gasteiger partial charge in [-0.1, -0.05) is 0 Å². The monoisotopic (exact) mass is 147 g/mol. The van der Waals surface area contributed by atoms with Gasteiger partial charge in [0.2, 0.25) is 6.41 Å². The van der Waals surface area contributed by atoms with Crippen molar-refractivity contribution >= 4 is 6.41 Å². The van der Waals surface area contributed by atoms with Gasteiger partial charge in [-0.15, -0.1) is 0 Å². The number of hydrogen-bond donors (Lipinski definition) is 4. The third kappa shape index (κ3) is 1.23. The lowest BCUT2D eigenvalue weighted by Gasteiger charge is -2.35. The molecule has 1 saturated heterocycles. The number of rotatable bonds is 2. The van der Waals surface area contributed by atoms with Crippen LogP contribution in [0.15, 0.2) is 0 Å². The van der Waals surface area contributed by atoms with Crippen LogP contribution in [0, 0.1) is 0 Å². The van der Waals surface area contributed by atoms with Crippen molar-refractivity contribution in [3.8, 4) is 0 Å². The van der Waals surface area contributed by atoms with Crippen LogP contribution in [-0.2, 0) is 4.79 Å². The van der Waals surface area contributed by atoms with E-state index in [9.17, 15) is 9.90 Å². The van der Waals surface area contributed by atoms with Crippen molar-refractivity contribution in [1.29, 1.82) is 0 Å². The van der Waals surface area contributed by atoms with Gasteiger partial charge in [-0.2, -0.15) is 5.01 Å². The summed E-state index contributed by atoms with van der Waals surface area (Å²) < 4.78 is 0. The normalized spacial score (nSPS) is 34.2. The highest BCUT2D eigenvalue weighted by molar-refractivity contribution is 5.45. The fraction of sp³-hybridized carbons (Fsp3) is 0.667. The summed E-state index contributed by atoms with van der Waals surface area (Å²) >= 11 is 0. The first kappa shape index (κ1) is 7.38. The molecule has 0 aromatic heterocycles. The second kappa shape index (κ2) is 2.48. The van der Waals surface area contributed by atoms with Crippen LogP contribution in [0.25, 0.3) is 0 Å². The molecule has 0 saturated carbocycles. The Balaban J connectivity index is 2.50. The van der Waals surface area contributed by atoms with Gasteiger partial charge in [0.1, 0.15) is 6.03 Å². The summed E-state index contributed by atoms with van der Waals surface area (Å²) in [5.74, 6) is 0. The molecular formula is C3H7N4O3-. The van der Waals surface area contributed by atoms with Crippen molar-refractivity contribution in [2.75, 3.05) is 6.67 Å². The number of hydrogen-bond acceptors (Lipinski definition) is 6. The zero-order chi connectivity index (χ0) is 7.61. The van der Waals surface area contributed by atoms with Gasteiger partial charge in [0.25, 0.3) is 0 Å². The molecule has 1 amide bonds. The number of nitrogens with one attached hydrogen (secondary N) is 3. The summed E-state index contributed by atoms with van der Waals surface area (Å²) in [6, 6.07) is -2.46. The highest BCUT2D eigenvalue weighted by atomic mass is 16.6. The van der Waals surface area contributed by atoms with E-state index in [0.29, 0.717) is 6.41 Å². The van der Waals surface area contributed by atoms with Gasteiger partial charge in [0.15, 0.2) is 0 Å². The largest absolute Gasteiger partial charge is 0.802 e. The van der Waals surface area contributed by atoms with Gasteiger partial charge in [-0.05, 0) is 0 Å². The van der Waals surface area contributed by atoms with Crippen LogP contribution < -0.4 is 21.4 Å². The van der Waals surface area contributed by atoms with E-state index in [2.05, 4.69) is 5.43 Å². The molecule has 1 heterocycles. The average Bonchev–Trinajstić information content (AvgIpc) is 2.13. The lowest BCUT2D eigenvalue weighted by molar-refractivity contribution is -0.596. The van der Waals surface area contributed by atoms with E-state index in [1.54, 1.807) is 0 Å². The maximum absolute atomic E-state index is 10.7. The van der Waals surface area contributed by atoms with E-state index in [1.165, 1.54) is 0 Å². The van der Waals surface area contributed by atoms with E-state index in [1.807, 2.05) is 10.9 Å². The Morgan fingerprint density at radius 3 is 3.00 bits per heavy atom. The molecule has 1 fully saturated rings. The molecule has 0 bridgehead atoms. The zero-order valence-corrected chi connectivity index (χ0v) is 5.00. The molecule has 7 heteroatoms. The number of amides is 1. The summed E-state index contributed by atoms with van der Waals surface area (Å²) in [5, 5.41) is 20.2. The van der Waals surface area contributed by atoms with Crippen LogP contribution >= 0.6 is 0 Å². The van der Waals surface area contributed by atoms with Gasteiger partial charge in [-0.25, -0.2) is 10.9 Å². The third-order valence-electron chi connectivity index (χ3n) is 1.06. The van der Waals surface area contributed by atoms with Crippen molar-refractivity contribution in [2.24, 2.45) is 0 Å². The van der Waals surface area contributed by atoms with Crippen LogP contribution in [0.1, 0.15) is 0 Å². The smallest absolute Gasteiger partial charge is 0.221 e. The zero-order valence-electron chi connectivity index (χ0n) is 5.00. The van der Waals surface area contributed by atoms with Crippen LogP contribution in [0.4, 0.5) is 0 Å². The number of aliphatic hydroxyl groups is 1. The molecule has 0 aliphatic carbocycles. The van der Waals surface area contributed by atoms with E-state index in [0.717, 1.165) is 5.01 Å². The molecule has 0 aromatic rings. The van der Waals surface area contributed by atoms with Crippen LogP contribution in [0.2, 0.25) is 0 Å². The molecule has 1 rings (SSSR count). The summed E-state index contributed by atoms with van der Waals surface area (Å²) in [6.45, 7) is 0.0543. The molecular weight excluding hydrogens is 140 g/mol. The first-order chi connectivity index (χ1) is 4.67. The predicted molar refractivity (Wildman–Crippen MR) is 27.1 cm³/mol. The Labute approximate surface area is 56.6 Å². The molecule has 1 aliphatic heterocycles. The van der Waals surface area contributed by atoms with Gasteiger partial charge in [-0.3, -0.25) is 10.2 Å². The van der Waals surface area contributed by atoms with Crippen molar-refractivity contribution in [1.82, 2.24) is 21.3 Å². The summed E-state index contributed by atoms with van der Waals surface area (Å²) in [7, 11) is 0. The number of hydrazine groups is 2. The van der Waals surface area contributed by atoms with Crippen molar-refractivity contribution in [3.63, 3.8) is 0 Å². The van der Waals surface area contributed by atoms with Crippen molar-refractivity contribution in [3.05, 3.63) is 0 Å². The highest BCUT2D eigenvalue weighted by Gasteiger charge is 2.26. The van der Waals surface area contributed by atoms with Crippen molar-refractivity contribution in [2.45, 2.75) is 6.03 Å². The lowest BCUT2D eigenvalue weighted by atomic mass is 10.8. The van der Waals surface area contributed by atoms with E-state index in [-0.39, 0.29) is 6.67 Å². The van der Waals surface area contributed by atoms with E-state index >= 15 is 0 Å². The van der Waals surface area contributed by atoms with Gasteiger partial charge in [0, 0.05) is 0 Å². The topological polar surface area (TPSA) is 99.7 Å². The molecule has 4 N–H and O–H groups in total. The Morgan fingerprint density at radius 2 is 2.60 bits per heavy atom. The first-order valence-electron chi connectivity index (χ1n) is 2.57. The molecule has 0 radical (unpaired) electrons. The molecule has 7 nitrogen and oxygen atoms in total. The number of carbonyl (C=O) groups is 1. The van der Waals surface area contributed by atoms with E-state index < -0.39 is 6.03 Å². The fourth-order valence-corrected chi connectivity index (χ4v) is 0.605. The first-order valence-corrected chi connectivity index (χ1v) is 2.57. The van der Waals surface area contributed by atoms with Crippen LogP contribution in [0.3, 0.4) is 0 Å². The standard InChI is InChI=1S/C3H7N4O3/c8-2-5-7-1-4-6-3(7,9)10/h2,4,6,9H,1H2,(H,5,8)/q-1. The lowest BCUT2D eigenvalue weighted by Crippen LogP contribution is -2.66. The van der Waals surface area contributed by atoms with E-state index in [4.69, 9.17) is 5.11 Å². The summed E-state index contributed by atoms with van der Waals surface area (Å²) in [5.41, 5.74) is 6.32. The van der Waals surface area contributed by atoms with Crippen LogP contribution in [0.5, 0.6) is 0 Å². The number of carbonyl (C=O) groups excluding carboxylic acids is 1. The molecule has 1 aliphatic rings. The van der Waals surface area contributed by atoms with Gasteiger partial charge >= 0.3 is 0 Å². The third-order valence-corrected chi connectivity index (χ3v) is 1.06. The maximum Gasteiger partial charge on any atom is 0.221 e. The summed E-state index contributed by atoms with van der Waals surface area (Å²) in [4.78, 5) is 9.79. The number of nitrogens with zero attached hydrogens (tertiary/aromatic N) is 1. The molecule has 10 heavy (non-hydrogen) atoms.